The van der Waals surface area contributed by atoms with Crippen LogP contribution in [0.2, 0.25) is 0 Å². The molecule has 1 saturated heterocycles. The number of carbonyl (C=O) groups excluding carboxylic acids is 3. The van der Waals surface area contributed by atoms with Gasteiger partial charge < -0.3 is 14.7 Å². The second-order valence-corrected chi connectivity index (χ2v) is 13.4. The molecule has 38 heavy (non-hydrogen) atoms. The number of aliphatic hydroxyl groups is 1. The van der Waals surface area contributed by atoms with Gasteiger partial charge in [-0.25, -0.2) is 8.78 Å². The molecule has 5 rings (SSSR count). The van der Waals surface area contributed by atoms with Gasteiger partial charge in [0.25, 0.3) is 0 Å². The Balaban J connectivity index is 1.56. The highest BCUT2D eigenvalue weighted by Gasteiger charge is 2.78. The Hall–Kier alpha value is -1.93. The summed E-state index contributed by atoms with van der Waals surface area (Å²) in [5.74, 6) is -1.85. The number of hydrogen-bond donors (Lipinski definition) is 1. The third-order valence-electron chi connectivity index (χ3n) is 11.2. The summed E-state index contributed by atoms with van der Waals surface area (Å²) >= 11 is 0. The number of likely N-dealkylation sites (tertiary alicyclic amines) is 1. The monoisotopic (exact) mass is 533 g/mol. The van der Waals surface area contributed by atoms with Crippen LogP contribution in [0.1, 0.15) is 60.3 Å². The van der Waals surface area contributed by atoms with Crippen LogP contribution in [-0.4, -0.2) is 71.7 Å². The van der Waals surface area contributed by atoms with E-state index in [0.29, 0.717) is 25.4 Å². The van der Waals surface area contributed by atoms with E-state index in [-0.39, 0.29) is 48.4 Å². The molecule has 0 amide bonds. The van der Waals surface area contributed by atoms with Crippen molar-refractivity contribution in [2.45, 2.75) is 78.2 Å². The lowest BCUT2D eigenvalue weighted by atomic mass is 9.43. The Labute approximate surface area is 223 Å². The van der Waals surface area contributed by atoms with Crippen LogP contribution in [0.25, 0.3) is 0 Å². The number of nitrogens with zero attached hydrogens (tertiary/aromatic N) is 1. The molecule has 0 bridgehead atoms. The van der Waals surface area contributed by atoms with Crippen molar-refractivity contribution in [3.63, 3.8) is 0 Å². The highest BCUT2D eigenvalue weighted by Crippen LogP contribution is 2.74. The Kier molecular flexibility index (Phi) is 6.58. The number of ether oxygens (including phenoxy) is 1. The smallest absolute Gasteiger partial charge is 0.303 e. The summed E-state index contributed by atoms with van der Waals surface area (Å²) in [6.07, 6.45) is 2.41. The molecular weight excluding hydrogens is 492 g/mol. The molecule has 5 aliphatic rings. The number of esters is 1. The molecule has 3 saturated carbocycles. The Morgan fingerprint density at radius 2 is 1.95 bits per heavy atom. The lowest BCUT2D eigenvalue weighted by Crippen LogP contribution is -2.69. The number of Topliss-reactive ketones (excluding diaryl/α,β-unsaturated/α-hetero) is 1. The molecule has 210 valence electrons. The van der Waals surface area contributed by atoms with Crippen molar-refractivity contribution in [2.24, 2.45) is 39.9 Å². The fraction of sp³-hybridized carbons (Fsp3) is 0.767. The molecule has 6 nitrogen and oxygen atoms in total. The first-order chi connectivity index (χ1) is 17.7. The maximum atomic E-state index is 17.5. The molecule has 0 aromatic rings. The van der Waals surface area contributed by atoms with Crippen molar-refractivity contribution in [1.82, 2.24) is 4.90 Å². The zero-order valence-corrected chi connectivity index (χ0v) is 23.1. The van der Waals surface area contributed by atoms with Crippen LogP contribution in [0.5, 0.6) is 0 Å². The zero-order valence-electron chi connectivity index (χ0n) is 23.1. The predicted molar refractivity (Wildman–Crippen MR) is 137 cm³/mol. The highest BCUT2D eigenvalue weighted by atomic mass is 19.1. The Morgan fingerprint density at radius 1 is 1.24 bits per heavy atom. The largest absolute Gasteiger partial charge is 0.458 e. The van der Waals surface area contributed by atoms with Crippen molar-refractivity contribution < 1.29 is 33.0 Å². The molecular formula is C30H41F2NO5. The van der Waals surface area contributed by atoms with E-state index in [1.165, 1.54) is 25.2 Å². The molecule has 1 N–H and O–H groups in total. The number of fused-ring (bicyclic) bond motifs is 7. The van der Waals surface area contributed by atoms with Crippen LogP contribution in [-0.2, 0) is 19.1 Å². The first-order valence-electron chi connectivity index (χ1n) is 14.1. The van der Waals surface area contributed by atoms with Gasteiger partial charge >= 0.3 is 5.97 Å². The van der Waals surface area contributed by atoms with E-state index >= 15 is 8.78 Å². The normalized spacial score (nSPS) is 45.8. The van der Waals surface area contributed by atoms with E-state index in [4.69, 9.17) is 4.74 Å². The first kappa shape index (κ1) is 27.6. The van der Waals surface area contributed by atoms with Gasteiger partial charge in [-0.15, -0.1) is 0 Å². The lowest BCUT2D eigenvalue weighted by Gasteiger charge is -2.63. The number of aliphatic hydroxyl groups excluding tert-OH is 1. The van der Waals surface area contributed by atoms with E-state index in [9.17, 15) is 19.5 Å². The minimum atomic E-state index is -2.17. The second-order valence-electron chi connectivity index (χ2n) is 13.4. The van der Waals surface area contributed by atoms with Crippen LogP contribution < -0.4 is 0 Å². The average molecular weight is 534 g/mol. The molecule has 0 spiro atoms. The Bertz CT molecular complexity index is 1100. The fourth-order valence-electron chi connectivity index (χ4n) is 9.29. The number of ketones is 2. The number of halogens is 2. The minimum Gasteiger partial charge on any atom is -0.458 e. The molecule has 4 fully saturated rings. The number of alkyl halides is 2. The average Bonchev–Trinajstić information content (AvgIpc) is 3.32. The lowest BCUT2D eigenvalue weighted by molar-refractivity contribution is -0.212. The van der Waals surface area contributed by atoms with Gasteiger partial charge in [-0.2, -0.15) is 0 Å². The number of carbonyl (C=O) groups is 3. The van der Waals surface area contributed by atoms with E-state index in [1.807, 2.05) is 6.92 Å². The summed E-state index contributed by atoms with van der Waals surface area (Å²) in [6.45, 7) is 10.8. The molecule has 1 aliphatic heterocycles. The van der Waals surface area contributed by atoms with Crippen LogP contribution >= 0.6 is 0 Å². The van der Waals surface area contributed by atoms with E-state index in [1.54, 1.807) is 6.92 Å². The van der Waals surface area contributed by atoms with Gasteiger partial charge in [0.05, 0.1) is 11.5 Å². The maximum Gasteiger partial charge on any atom is 0.303 e. The number of rotatable bonds is 6. The van der Waals surface area contributed by atoms with Gasteiger partial charge in [0.15, 0.2) is 23.8 Å². The predicted octanol–water partition coefficient (Wildman–Crippen LogP) is 4.01. The quantitative estimate of drug-likeness (QED) is 0.520. The molecule has 0 unspecified atom stereocenters. The summed E-state index contributed by atoms with van der Waals surface area (Å²) in [6, 6.07) is 0. The topological polar surface area (TPSA) is 83.9 Å². The van der Waals surface area contributed by atoms with E-state index < -0.39 is 46.1 Å². The van der Waals surface area contributed by atoms with Gasteiger partial charge in [-0.3, -0.25) is 14.4 Å². The first-order valence-corrected chi connectivity index (χ1v) is 14.1. The molecule has 9 atom stereocenters. The maximum absolute atomic E-state index is 17.5. The van der Waals surface area contributed by atoms with Crippen LogP contribution in [0.15, 0.2) is 23.8 Å². The number of hydrogen-bond acceptors (Lipinski definition) is 6. The summed E-state index contributed by atoms with van der Waals surface area (Å²) in [5, 5.41) is 11.7. The number of allylic oxidation sites excluding steroid dienone is 4. The van der Waals surface area contributed by atoms with Gasteiger partial charge in [-0.05, 0) is 80.0 Å². The van der Waals surface area contributed by atoms with Gasteiger partial charge in [0.1, 0.15) is 6.17 Å². The molecule has 0 aromatic heterocycles. The molecule has 4 aliphatic carbocycles. The zero-order chi connectivity index (χ0) is 27.8. The van der Waals surface area contributed by atoms with Crippen molar-refractivity contribution in [1.29, 1.82) is 0 Å². The van der Waals surface area contributed by atoms with Crippen molar-refractivity contribution in [3.8, 4) is 0 Å². The van der Waals surface area contributed by atoms with Crippen LogP contribution in [0.4, 0.5) is 8.78 Å². The minimum absolute atomic E-state index is 0.0482. The summed E-state index contributed by atoms with van der Waals surface area (Å²) in [5.41, 5.74) is -5.23. The molecule has 0 aromatic carbocycles. The Morgan fingerprint density at radius 3 is 2.61 bits per heavy atom. The van der Waals surface area contributed by atoms with Crippen molar-refractivity contribution in [3.05, 3.63) is 23.8 Å². The van der Waals surface area contributed by atoms with E-state index in [0.717, 1.165) is 13.0 Å². The molecule has 8 heteroatoms. The SMILES string of the molecule is CC(=O)OCC(=O)[C@@]12CN(CCC(C)C)C[C@@H]1C[C@H]1[C@@H]3C[C@H](F)C4=CC(=O)C=C[C@]4(C)[C@@]3(F)[C@@H](O)C[C@@]12C. The van der Waals surface area contributed by atoms with Gasteiger partial charge in [0, 0.05) is 31.3 Å². The van der Waals surface area contributed by atoms with Crippen LogP contribution in [0.3, 0.4) is 0 Å². The van der Waals surface area contributed by atoms with E-state index in [2.05, 4.69) is 18.7 Å². The summed E-state index contributed by atoms with van der Waals surface area (Å²) in [7, 11) is 0. The van der Waals surface area contributed by atoms with Crippen molar-refractivity contribution in [2.75, 3.05) is 26.2 Å². The second kappa shape index (κ2) is 9.05. The fourth-order valence-corrected chi connectivity index (χ4v) is 9.29. The third-order valence-corrected chi connectivity index (χ3v) is 11.2. The molecule has 0 radical (unpaired) electrons. The standard InChI is InChI=1S/C30H41F2NO5/c1-17(2)7-9-33-14-19-10-21-22-12-24(31)23-11-20(35)6-8-27(23,4)30(22,32)25(36)13-28(21,5)29(19,16-33)26(37)15-38-18(3)34/h6,8,11,17,19,21-22,24-25,36H,7,9-10,12-16H2,1-5H3/t19-,21-,22-,24-,25-,27-,28-,29+,30-/m0/s1. The van der Waals surface area contributed by atoms with Gasteiger partial charge in [-0.1, -0.05) is 26.8 Å². The van der Waals surface area contributed by atoms with Crippen molar-refractivity contribution >= 4 is 17.5 Å². The summed E-state index contributed by atoms with van der Waals surface area (Å²) < 4.78 is 38.4. The highest BCUT2D eigenvalue weighted by molar-refractivity contribution is 6.01. The van der Waals surface area contributed by atoms with Gasteiger partial charge in [0.2, 0.25) is 0 Å². The third kappa shape index (κ3) is 3.58. The van der Waals surface area contributed by atoms with Crippen LogP contribution in [0, 0.1) is 39.9 Å². The molecule has 1 heterocycles. The summed E-state index contributed by atoms with van der Waals surface area (Å²) in [4.78, 5) is 40.0.